The van der Waals surface area contributed by atoms with Crippen LogP contribution >= 0.6 is 0 Å². The quantitative estimate of drug-likeness (QED) is 0.538. The average Bonchev–Trinajstić information content (AvgIpc) is 2.88. The van der Waals surface area contributed by atoms with Gasteiger partial charge in [-0.1, -0.05) is 6.92 Å². The molecule has 0 N–H and O–H groups in total. The van der Waals surface area contributed by atoms with Crippen molar-refractivity contribution in [3.05, 3.63) is 0 Å². The van der Waals surface area contributed by atoms with E-state index in [1.54, 1.807) is 0 Å². The van der Waals surface area contributed by atoms with Crippen molar-refractivity contribution in [2.45, 2.75) is 58.3 Å². The smallest absolute Gasteiger partial charge is 0.319 e. The molecule has 0 aromatic carbocycles. The van der Waals surface area contributed by atoms with Crippen LogP contribution in [0.15, 0.2) is 0 Å². The van der Waals surface area contributed by atoms with Gasteiger partial charge in [-0.3, -0.25) is 19.2 Å². The van der Waals surface area contributed by atoms with Gasteiger partial charge in [-0.25, -0.2) is 0 Å². The number of hydrogen-bond donors (Lipinski definition) is 0. The second-order valence-corrected chi connectivity index (χ2v) is 8.89. The fraction of sp³-hybridized carbons (Fsp3) is 0.800. The molecule has 4 aliphatic rings. The lowest BCUT2D eigenvalue weighted by Crippen LogP contribution is -2.63. The average molecular weight is 346 g/mol. The van der Waals surface area contributed by atoms with E-state index >= 15 is 0 Å². The number of ketones is 3. The van der Waals surface area contributed by atoms with Gasteiger partial charge in [-0.15, -0.1) is 0 Å². The number of methoxy groups -OCH3 is 1. The van der Waals surface area contributed by atoms with E-state index in [1.807, 2.05) is 0 Å². The zero-order valence-electron chi connectivity index (χ0n) is 15.0. The van der Waals surface area contributed by atoms with Crippen LogP contribution in [-0.2, 0) is 23.9 Å². The molecule has 0 bridgehead atoms. The Bertz CT molecular complexity index is 657. The van der Waals surface area contributed by atoms with Crippen molar-refractivity contribution in [3.8, 4) is 0 Å². The van der Waals surface area contributed by atoms with Crippen molar-refractivity contribution in [3.63, 3.8) is 0 Å². The Balaban J connectivity index is 1.83. The Hall–Kier alpha value is -1.52. The first-order valence-corrected chi connectivity index (χ1v) is 9.50. The van der Waals surface area contributed by atoms with Gasteiger partial charge in [0.2, 0.25) is 0 Å². The Kier molecular flexibility index (Phi) is 3.71. The molecule has 4 aliphatic carbocycles. The highest BCUT2D eigenvalue weighted by atomic mass is 16.5. The van der Waals surface area contributed by atoms with E-state index in [1.165, 1.54) is 7.11 Å². The van der Waals surface area contributed by atoms with Crippen LogP contribution in [-0.4, -0.2) is 30.4 Å². The molecule has 4 fully saturated rings. The highest BCUT2D eigenvalue weighted by molar-refractivity contribution is 6.07. The molecule has 0 spiro atoms. The third kappa shape index (κ3) is 2.07. The van der Waals surface area contributed by atoms with Crippen molar-refractivity contribution >= 4 is 23.3 Å². The molecule has 0 aliphatic heterocycles. The standard InChI is InChI=1S/C20H26O5/c1-19-7-6-13-17(14(19)9-12(21)10-19)15(22)8-11-4-3-5-16(23)20(11,13)18(24)25-2/h11,13-14,17H,3-10H2,1-2H3/t11-,13-,14-,17+,19-,20+/m0/s1. The lowest BCUT2D eigenvalue weighted by molar-refractivity contribution is -0.185. The van der Waals surface area contributed by atoms with Crippen LogP contribution in [0.1, 0.15) is 58.3 Å². The minimum Gasteiger partial charge on any atom is -0.468 e. The zero-order chi connectivity index (χ0) is 18.0. The van der Waals surface area contributed by atoms with Crippen LogP contribution < -0.4 is 0 Å². The normalized spacial score (nSPS) is 46.2. The number of hydrogen-bond acceptors (Lipinski definition) is 5. The highest BCUT2D eigenvalue weighted by Gasteiger charge is 2.68. The van der Waals surface area contributed by atoms with Crippen LogP contribution in [0.25, 0.3) is 0 Å². The van der Waals surface area contributed by atoms with Gasteiger partial charge < -0.3 is 4.74 Å². The molecule has 136 valence electrons. The molecule has 25 heavy (non-hydrogen) atoms. The summed E-state index contributed by atoms with van der Waals surface area (Å²) in [5.74, 6) is -0.992. The second-order valence-electron chi connectivity index (χ2n) is 8.89. The summed E-state index contributed by atoms with van der Waals surface area (Å²) in [4.78, 5) is 51.2. The molecule has 6 atom stereocenters. The molecule has 0 radical (unpaired) electrons. The van der Waals surface area contributed by atoms with E-state index in [2.05, 4.69) is 6.92 Å². The van der Waals surface area contributed by atoms with Crippen LogP contribution in [0, 0.1) is 34.5 Å². The third-order valence-corrected chi connectivity index (χ3v) is 7.83. The van der Waals surface area contributed by atoms with Crippen molar-refractivity contribution in [1.82, 2.24) is 0 Å². The molecule has 4 saturated carbocycles. The third-order valence-electron chi connectivity index (χ3n) is 7.83. The van der Waals surface area contributed by atoms with Gasteiger partial charge in [0.1, 0.15) is 17.0 Å². The molecule has 0 saturated heterocycles. The molecular weight excluding hydrogens is 320 g/mol. The van der Waals surface area contributed by atoms with Crippen molar-refractivity contribution in [2.75, 3.05) is 7.11 Å². The molecule has 4 rings (SSSR count). The molecule has 0 aromatic heterocycles. The predicted octanol–water partition coefficient (Wildman–Crippen LogP) is 2.50. The van der Waals surface area contributed by atoms with E-state index in [-0.39, 0.29) is 52.9 Å². The number of ether oxygens (including phenoxy) is 1. The largest absolute Gasteiger partial charge is 0.468 e. The summed E-state index contributed by atoms with van der Waals surface area (Å²) in [6, 6.07) is 0. The fourth-order valence-electron chi connectivity index (χ4n) is 6.81. The highest BCUT2D eigenvalue weighted by Crippen LogP contribution is 2.64. The van der Waals surface area contributed by atoms with Crippen LogP contribution in [0.2, 0.25) is 0 Å². The number of esters is 1. The Labute approximate surface area is 147 Å². The van der Waals surface area contributed by atoms with Gasteiger partial charge in [0.05, 0.1) is 7.11 Å². The Morgan fingerprint density at radius 3 is 2.60 bits per heavy atom. The maximum atomic E-state index is 13.1. The molecule has 0 aromatic rings. The van der Waals surface area contributed by atoms with Crippen LogP contribution in [0.3, 0.4) is 0 Å². The summed E-state index contributed by atoms with van der Waals surface area (Å²) in [5, 5.41) is 0. The molecule has 0 heterocycles. The van der Waals surface area contributed by atoms with E-state index in [9.17, 15) is 19.2 Å². The number of rotatable bonds is 1. The summed E-state index contributed by atoms with van der Waals surface area (Å²) < 4.78 is 5.12. The number of carbonyl (C=O) groups excluding carboxylic acids is 4. The maximum Gasteiger partial charge on any atom is 0.319 e. The molecular formula is C20H26O5. The van der Waals surface area contributed by atoms with Crippen LogP contribution in [0.4, 0.5) is 0 Å². The van der Waals surface area contributed by atoms with Gasteiger partial charge in [0.25, 0.3) is 0 Å². The SMILES string of the molecule is COC(=O)[C@]12C(=O)CCC[C@H]1CC(=O)[C@H]1[C@@H]3CC(=O)C[C@]3(C)CC[C@@H]12. The lowest BCUT2D eigenvalue weighted by atomic mass is 9.44. The van der Waals surface area contributed by atoms with Crippen molar-refractivity contribution < 1.29 is 23.9 Å². The molecule has 5 nitrogen and oxygen atoms in total. The summed E-state index contributed by atoms with van der Waals surface area (Å²) in [5.41, 5.74) is -1.31. The van der Waals surface area contributed by atoms with Gasteiger partial charge in [-0.2, -0.15) is 0 Å². The maximum absolute atomic E-state index is 13.1. The van der Waals surface area contributed by atoms with Gasteiger partial charge in [0, 0.05) is 31.6 Å². The number of carbonyl (C=O) groups is 4. The monoisotopic (exact) mass is 346 g/mol. The summed E-state index contributed by atoms with van der Waals surface area (Å²) >= 11 is 0. The van der Waals surface area contributed by atoms with Gasteiger partial charge in [-0.05, 0) is 48.9 Å². The Morgan fingerprint density at radius 2 is 1.88 bits per heavy atom. The topological polar surface area (TPSA) is 77.5 Å². The van der Waals surface area contributed by atoms with E-state index < -0.39 is 11.4 Å². The molecule has 0 amide bonds. The first-order valence-electron chi connectivity index (χ1n) is 9.50. The van der Waals surface area contributed by atoms with Crippen molar-refractivity contribution in [1.29, 1.82) is 0 Å². The van der Waals surface area contributed by atoms with E-state index in [0.717, 1.165) is 19.3 Å². The van der Waals surface area contributed by atoms with Crippen molar-refractivity contribution in [2.24, 2.45) is 34.5 Å². The zero-order valence-corrected chi connectivity index (χ0v) is 15.0. The minimum atomic E-state index is -1.15. The van der Waals surface area contributed by atoms with E-state index in [0.29, 0.717) is 25.7 Å². The number of fused-ring (bicyclic) bond motifs is 5. The molecule has 0 unspecified atom stereocenters. The van der Waals surface area contributed by atoms with E-state index in [4.69, 9.17) is 4.74 Å². The first kappa shape index (κ1) is 16.9. The first-order chi connectivity index (χ1) is 11.8. The number of Topliss-reactive ketones (excluding diaryl/α,β-unsaturated/α-hetero) is 3. The summed E-state index contributed by atoms with van der Waals surface area (Å²) in [6.45, 7) is 2.10. The van der Waals surface area contributed by atoms with Gasteiger partial charge >= 0.3 is 5.97 Å². The lowest BCUT2D eigenvalue weighted by Gasteiger charge is -2.57. The minimum absolute atomic E-state index is 0.0246. The molecule has 5 heteroatoms. The predicted molar refractivity (Wildman–Crippen MR) is 88.5 cm³/mol. The summed E-state index contributed by atoms with van der Waals surface area (Å²) in [6.07, 6.45) is 4.55. The fourth-order valence-corrected chi connectivity index (χ4v) is 6.81. The van der Waals surface area contributed by atoms with Gasteiger partial charge in [0.15, 0.2) is 5.78 Å². The second kappa shape index (κ2) is 5.49. The summed E-state index contributed by atoms with van der Waals surface area (Å²) in [7, 11) is 1.34. The van der Waals surface area contributed by atoms with Crippen LogP contribution in [0.5, 0.6) is 0 Å². The Morgan fingerprint density at radius 1 is 1.12 bits per heavy atom.